The summed E-state index contributed by atoms with van der Waals surface area (Å²) < 4.78 is 6.25. The van der Waals surface area contributed by atoms with Crippen LogP contribution in [0.2, 0.25) is 0 Å². The first-order chi connectivity index (χ1) is 11.5. The van der Waals surface area contributed by atoms with E-state index in [9.17, 15) is 9.90 Å². The van der Waals surface area contributed by atoms with Crippen molar-refractivity contribution >= 4 is 44.9 Å². The van der Waals surface area contributed by atoms with Crippen LogP contribution in [0.15, 0.2) is 46.9 Å². The molecule has 0 aliphatic carbocycles. The van der Waals surface area contributed by atoms with Crippen LogP contribution in [-0.2, 0) is 0 Å². The molecule has 0 heterocycles. The first-order valence-corrected chi connectivity index (χ1v) is 8.54. The summed E-state index contributed by atoms with van der Waals surface area (Å²) in [6.45, 7) is 2.63. The summed E-state index contributed by atoms with van der Waals surface area (Å²) in [7, 11) is 0. The summed E-state index contributed by atoms with van der Waals surface area (Å²) in [5, 5.41) is 15.1. The van der Waals surface area contributed by atoms with Crippen LogP contribution < -0.4 is 15.4 Å². The third-order valence-corrected chi connectivity index (χ3v) is 3.86. The molecule has 0 saturated carbocycles. The molecule has 126 valence electrons. The molecule has 0 aliphatic rings. The SMILES string of the molecule is CCCOc1ccc(C(=O)NC(=S)Nc2ccccc2O)cc1Br. The van der Waals surface area contributed by atoms with Crippen molar-refractivity contribution in [1.29, 1.82) is 0 Å². The molecule has 1 amide bonds. The van der Waals surface area contributed by atoms with E-state index in [0.29, 0.717) is 28.1 Å². The number of carbonyl (C=O) groups excluding carboxylic acids is 1. The van der Waals surface area contributed by atoms with Gasteiger partial charge in [-0.2, -0.15) is 0 Å². The highest BCUT2D eigenvalue weighted by Gasteiger charge is 2.11. The maximum Gasteiger partial charge on any atom is 0.257 e. The van der Waals surface area contributed by atoms with Crippen LogP contribution in [0.1, 0.15) is 23.7 Å². The van der Waals surface area contributed by atoms with Crippen molar-refractivity contribution in [3.05, 3.63) is 52.5 Å². The van der Waals surface area contributed by atoms with Crippen molar-refractivity contribution < 1.29 is 14.6 Å². The van der Waals surface area contributed by atoms with Crippen molar-refractivity contribution in [2.45, 2.75) is 13.3 Å². The molecule has 2 rings (SSSR count). The molecule has 0 saturated heterocycles. The molecule has 0 unspecified atom stereocenters. The maximum atomic E-state index is 12.2. The third kappa shape index (κ3) is 4.94. The lowest BCUT2D eigenvalue weighted by Gasteiger charge is -2.12. The van der Waals surface area contributed by atoms with Gasteiger partial charge in [0.2, 0.25) is 0 Å². The van der Waals surface area contributed by atoms with E-state index in [-0.39, 0.29) is 16.8 Å². The summed E-state index contributed by atoms with van der Waals surface area (Å²) >= 11 is 8.49. The van der Waals surface area contributed by atoms with Crippen LogP contribution in [0.3, 0.4) is 0 Å². The minimum atomic E-state index is -0.356. The zero-order valence-electron chi connectivity index (χ0n) is 13.0. The van der Waals surface area contributed by atoms with Crippen LogP contribution in [0.4, 0.5) is 5.69 Å². The van der Waals surface area contributed by atoms with Crippen LogP contribution in [0.25, 0.3) is 0 Å². The second-order valence-electron chi connectivity index (χ2n) is 4.92. The molecule has 2 aromatic rings. The standard InChI is InChI=1S/C17H17BrN2O3S/c1-2-9-23-15-8-7-11(10-12(15)18)16(22)20-17(24)19-13-5-3-4-6-14(13)21/h3-8,10,21H,2,9H2,1H3,(H2,19,20,22,24). The number of thiocarbonyl (C=S) groups is 1. The average molecular weight is 409 g/mol. The Labute approximate surface area is 154 Å². The van der Waals surface area contributed by atoms with Gasteiger partial charge in [0.25, 0.3) is 5.91 Å². The fourth-order valence-corrected chi connectivity index (χ4v) is 2.58. The number of phenolic OH excluding ortho intramolecular Hbond substituents is 1. The van der Waals surface area contributed by atoms with Gasteiger partial charge in [-0.3, -0.25) is 10.1 Å². The van der Waals surface area contributed by atoms with E-state index in [0.717, 1.165) is 6.42 Å². The summed E-state index contributed by atoms with van der Waals surface area (Å²) in [6, 6.07) is 11.7. The normalized spacial score (nSPS) is 10.1. The van der Waals surface area contributed by atoms with Gasteiger partial charge in [-0.25, -0.2) is 0 Å². The van der Waals surface area contributed by atoms with E-state index in [4.69, 9.17) is 17.0 Å². The Balaban J connectivity index is 2.00. The molecule has 0 aromatic heterocycles. The van der Waals surface area contributed by atoms with Gasteiger partial charge in [-0.1, -0.05) is 19.1 Å². The summed E-state index contributed by atoms with van der Waals surface area (Å²) in [6.07, 6.45) is 0.904. The van der Waals surface area contributed by atoms with Gasteiger partial charge in [-0.05, 0) is 64.9 Å². The fraction of sp³-hybridized carbons (Fsp3) is 0.176. The second-order valence-corrected chi connectivity index (χ2v) is 6.18. The van der Waals surface area contributed by atoms with Crippen molar-refractivity contribution in [1.82, 2.24) is 5.32 Å². The van der Waals surface area contributed by atoms with Crippen LogP contribution >= 0.6 is 28.1 Å². The lowest BCUT2D eigenvalue weighted by molar-refractivity contribution is 0.0977. The number of aromatic hydroxyl groups is 1. The molecule has 0 spiro atoms. The molecule has 2 aromatic carbocycles. The van der Waals surface area contributed by atoms with E-state index >= 15 is 0 Å². The summed E-state index contributed by atoms with van der Waals surface area (Å²) in [4.78, 5) is 12.2. The second kappa shape index (κ2) is 8.65. The Kier molecular flexibility index (Phi) is 6.57. The van der Waals surface area contributed by atoms with Crippen molar-refractivity contribution in [3.8, 4) is 11.5 Å². The molecule has 24 heavy (non-hydrogen) atoms. The minimum Gasteiger partial charge on any atom is -0.506 e. The zero-order chi connectivity index (χ0) is 17.5. The number of phenols is 1. The monoisotopic (exact) mass is 408 g/mol. The molecule has 0 bridgehead atoms. The first kappa shape index (κ1) is 18.2. The van der Waals surface area contributed by atoms with Gasteiger partial charge < -0.3 is 15.2 Å². The number of anilines is 1. The number of carbonyl (C=O) groups is 1. The van der Waals surface area contributed by atoms with E-state index in [1.54, 1.807) is 36.4 Å². The predicted molar refractivity (Wildman–Crippen MR) is 102 cm³/mol. The number of rotatable bonds is 5. The minimum absolute atomic E-state index is 0.0502. The number of benzene rings is 2. The number of halogens is 1. The third-order valence-electron chi connectivity index (χ3n) is 3.04. The molecular weight excluding hydrogens is 392 g/mol. The number of amides is 1. The highest BCUT2D eigenvalue weighted by atomic mass is 79.9. The van der Waals surface area contributed by atoms with Crippen molar-refractivity contribution in [2.75, 3.05) is 11.9 Å². The lowest BCUT2D eigenvalue weighted by Crippen LogP contribution is -2.34. The zero-order valence-corrected chi connectivity index (χ0v) is 15.4. The Morgan fingerprint density at radius 1 is 1.29 bits per heavy atom. The number of hydrogen-bond acceptors (Lipinski definition) is 4. The molecule has 7 heteroatoms. The molecule has 0 atom stereocenters. The van der Waals surface area contributed by atoms with Gasteiger partial charge in [0.05, 0.1) is 16.8 Å². The number of para-hydroxylation sites is 2. The Morgan fingerprint density at radius 2 is 2.04 bits per heavy atom. The van der Waals surface area contributed by atoms with Gasteiger partial charge in [0, 0.05) is 5.56 Å². The molecule has 0 fully saturated rings. The highest BCUT2D eigenvalue weighted by Crippen LogP contribution is 2.26. The van der Waals surface area contributed by atoms with E-state index in [1.807, 2.05) is 6.92 Å². The van der Waals surface area contributed by atoms with Gasteiger partial charge >= 0.3 is 0 Å². The molecule has 0 aliphatic heterocycles. The maximum absolute atomic E-state index is 12.2. The van der Waals surface area contributed by atoms with Crippen molar-refractivity contribution in [3.63, 3.8) is 0 Å². The van der Waals surface area contributed by atoms with E-state index in [2.05, 4.69) is 26.6 Å². The topological polar surface area (TPSA) is 70.6 Å². The van der Waals surface area contributed by atoms with Crippen LogP contribution in [-0.4, -0.2) is 22.7 Å². The first-order valence-electron chi connectivity index (χ1n) is 7.34. The van der Waals surface area contributed by atoms with Crippen LogP contribution in [0.5, 0.6) is 11.5 Å². The van der Waals surface area contributed by atoms with E-state index in [1.165, 1.54) is 6.07 Å². The van der Waals surface area contributed by atoms with Crippen LogP contribution in [0, 0.1) is 0 Å². The predicted octanol–water partition coefficient (Wildman–Crippen LogP) is 4.07. The Hall–Kier alpha value is -2.12. The van der Waals surface area contributed by atoms with Gasteiger partial charge in [0.1, 0.15) is 11.5 Å². The molecule has 5 nitrogen and oxygen atoms in total. The lowest BCUT2D eigenvalue weighted by atomic mass is 10.2. The summed E-state index contributed by atoms with van der Waals surface area (Å²) in [5.41, 5.74) is 0.861. The number of hydrogen-bond donors (Lipinski definition) is 3. The van der Waals surface area contributed by atoms with Crippen molar-refractivity contribution in [2.24, 2.45) is 0 Å². The molecule has 3 N–H and O–H groups in total. The quantitative estimate of drug-likeness (QED) is 0.513. The highest BCUT2D eigenvalue weighted by molar-refractivity contribution is 9.10. The van der Waals surface area contributed by atoms with E-state index < -0.39 is 0 Å². The molecule has 0 radical (unpaired) electrons. The summed E-state index contributed by atoms with van der Waals surface area (Å²) in [5.74, 6) is 0.378. The fourth-order valence-electron chi connectivity index (χ4n) is 1.88. The Bertz CT molecular complexity index is 752. The Morgan fingerprint density at radius 3 is 2.71 bits per heavy atom. The molecular formula is C17H17BrN2O3S. The average Bonchev–Trinajstić information content (AvgIpc) is 2.55. The van der Waals surface area contributed by atoms with Gasteiger partial charge in [-0.15, -0.1) is 0 Å². The number of nitrogens with one attached hydrogen (secondary N) is 2. The number of ether oxygens (including phenoxy) is 1. The smallest absolute Gasteiger partial charge is 0.257 e. The largest absolute Gasteiger partial charge is 0.506 e. The van der Waals surface area contributed by atoms with Gasteiger partial charge in [0.15, 0.2) is 5.11 Å².